The van der Waals surface area contributed by atoms with Gasteiger partial charge in [-0.05, 0) is 87.2 Å². The fourth-order valence-electron chi connectivity index (χ4n) is 6.28. The van der Waals surface area contributed by atoms with E-state index < -0.39 is 29.6 Å². The number of para-hydroxylation sites is 1. The summed E-state index contributed by atoms with van der Waals surface area (Å²) in [6.45, 7) is 10.5. The second-order valence-electron chi connectivity index (χ2n) is 12.4. The maximum absolute atomic E-state index is 14.1. The van der Waals surface area contributed by atoms with Crippen molar-refractivity contribution in [1.82, 2.24) is 15.1 Å². The van der Waals surface area contributed by atoms with Crippen LogP contribution < -0.4 is 20.7 Å². The Hall–Kier alpha value is -4.12. The highest BCUT2D eigenvalue weighted by molar-refractivity contribution is 6.07. The molecule has 1 saturated carbocycles. The van der Waals surface area contributed by atoms with Crippen molar-refractivity contribution in [1.29, 1.82) is 0 Å². The fraction of sp³-hybridized carbons (Fsp3) is 0.515. The molecule has 11 heteroatoms. The average molecular weight is 608 g/mol. The second kappa shape index (κ2) is 13.7. The van der Waals surface area contributed by atoms with E-state index in [0.29, 0.717) is 30.2 Å². The number of carbonyl (C=O) groups excluding carboxylic acids is 3. The molecule has 11 nitrogen and oxygen atoms in total. The molecule has 2 aromatic rings. The molecule has 0 aromatic heterocycles. The summed E-state index contributed by atoms with van der Waals surface area (Å²) >= 11 is 0. The number of imide groups is 1. The van der Waals surface area contributed by atoms with Crippen LogP contribution in [0, 0.1) is 24.7 Å². The Morgan fingerprint density at radius 1 is 1.09 bits per heavy atom. The van der Waals surface area contributed by atoms with Crippen LogP contribution in [0.3, 0.4) is 0 Å². The summed E-state index contributed by atoms with van der Waals surface area (Å²) < 4.78 is 5.57. The normalized spacial score (nSPS) is 18.1. The first-order valence-electron chi connectivity index (χ1n) is 15.3. The number of carbonyl (C=O) groups is 4. The van der Waals surface area contributed by atoms with E-state index in [-0.39, 0.29) is 36.6 Å². The van der Waals surface area contributed by atoms with Crippen LogP contribution in [0.5, 0.6) is 5.75 Å². The van der Waals surface area contributed by atoms with Crippen LogP contribution in [-0.4, -0.2) is 70.6 Å². The van der Waals surface area contributed by atoms with Gasteiger partial charge in [0, 0.05) is 25.2 Å². The Balaban J connectivity index is 1.55. The molecular formula is C33H45N5O6. The molecule has 2 fully saturated rings. The third kappa shape index (κ3) is 7.15. The minimum Gasteiger partial charge on any atom is -0.495 e. The topological polar surface area (TPSA) is 140 Å². The van der Waals surface area contributed by atoms with Gasteiger partial charge in [-0.15, -0.1) is 0 Å². The molecule has 5 amide bonds. The number of aryl methyl sites for hydroxylation is 1. The van der Waals surface area contributed by atoms with Crippen molar-refractivity contribution in [3.8, 4) is 5.75 Å². The molecule has 3 atom stereocenters. The van der Waals surface area contributed by atoms with E-state index in [1.807, 2.05) is 45.0 Å². The van der Waals surface area contributed by atoms with Crippen LogP contribution in [0.4, 0.5) is 21.0 Å². The summed E-state index contributed by atoms with van der Waals surface area (Å²) in [5, 5.41) is 18.5. The molecule has 1 aliphatic carbocycles. The zero-order valence-electron chi connectivity index (χ0n) is 26.5. The summed E-state index contributed by atoms with van der Waals surface area (Å²) in [5.74, 6) is -0.809. The van der Waals surface area contributed by atoms with Gasteiger partial charge in [0.15, 0.2) is 0 Å². The molecule has 0 bridgehead atoms. The Morgan fingerprint density at radius 3 is 2.39 bits per heavy atom. The molecule has 1 saturated heterocycles. The number of carboxylic acids is 1. The number of methoxy groups -OCH3 is 1. The Labute approximate surface area is 259 Å². The molecule has 4 rings (SSSR count). The van der Waals surface area contributed by atoms with Crippen molar-refractivity contribution in [2.45, 2.75) is 72.0 Å². The number of likely N-dealkylation sites (N-methyl/N-ethyl adjacent to an activating group) is 1. The third-order valence-electron chi connectivity index (χ3n) is 8.80. The van der Waals surface area contributed by atoms with Crippen molar-refractivity contribution >= 4 is 35.3 Å². The molecule has 0 spiro atoms. The number of ether oxygens (including phenoxy) is 1. The van der Waals surface area contributed by atoms with Crippen molar-refractivity contribution in [2.24, 2.45) is 17.8 Å². The third-order valence-corrected chi connectivity index (χ3v) is 8.80. The number of anilines is 2. The second-order valence-corrected chi connectivity index (χ2v) is 12.4. The Bertz CT molecular complexity index is 1390. The largest absolute Gasteiger partial charge is 0.495 e. The molecule has 3 unspecified atom stereocenters. The zero-order valence-corrected chi connectivity index (χ0v) is 26.5. The van der Waals surface area contributed by atoms with Gasteiger partial charge in [-0.1, -0.05) is 38.1 Å². The molecule has 2 aliphatic rings. The molecular weight excluding hydrogens is 562 g/mol. The van der Waals surface area contributed by atoms with Crippen LogP contribution in [0.15, 0.2) is 42.5 Å². The van der Waals surface area contributed by atoms with Gasteiger partial charge in [-0.2, -0.15) is 0 Å². The number of benzene rings is 2. The number of nitrogens with one attached hydrogen (secondary N) is 3. The van der Waals surface area contributed by atoms with Crippen LogP contribution >= 0.6 is 0 Å². The summed E-state index contributed by atoms with van der Waals surface area (Å²) in [6.07, 6.45) is 1.91. The van der Waals surface area contributed by atoms with Gasteiger partial charge in [0.2, 0.25) is 0 Å². The van der Waals surface area contributed by atoms with Crippen LogP contribution in [0.1, 0.15) is 58.1 Å². The number of aliphatic carboxylic acids is 1. The standard InChI is InChI=1S/C33H45N5O6/c1-7-34-18-26(29(23-13-14-23)21(3)16-28(39)40)38-30(41)33(4,5)37(32(38)43)19-22-12-15-25(27(17-22)44-6)36-31(42)35-24-11-9-8-10-20(24)2/h8-12,15,17,21,23,26,29,34H,7,13-14,16,18-19H2,1-6H3,(H,39,40)(H2,35,36,42). The first kappa shape index (κ1) is 32.8. The molecule has 4 N–H and O–H groups in total. The molecule has 44 heavy (non-hydrogen) atoms. The van der Waals surface area contributed by atoms with Gasteiger partial charge in [0.05, 0.1) is 18.8 Å². The monoisotopic (exact) mass is 607 g/mol. The van der Waals surface area contributed by atoms with Gasteiger partial charge in [0.25, 0.3) is 5.91 Å². The molecule has 2 aromatic carbocycles. The predicted octanol–water partition coefficient (Wildman–Crippen LogP) is 5.31. The van der Waals surface area contributed by atoms with Crippen LogP contribution in [0.2, 0.25) is 0 Å². The van der Waals surface area contributed by atoms with E-state index in [1.54, 1.807) is 36.9 Å². The van der Waals surface area contributed by atoms with Crippen molar-refractivity contribution < 1.29 is 29.0 Å². The smallest absolute Gasteiger partial charge is 0.328 e. The fourth-order valence-corrected chi connectivity index (χ4v) is 6.28. The van der Waals surface area contributed by atoms with Gasteiger partial charge < -0.3 is 30.7 Å². The zero-order chi connectivity index (χ0) is 32.2. The van der Waals surface area contributed by atoms with Crippen LogP contribution in [0.25, 0.3) is 0 Å². The lowest BCUT2D eigenvalue weighted by Gasteiger charge is -2.36. The van der Waals surface area contributed by atoms with Gasteiger partial charge in [0.1, 0.15) is 11.3 Å². The highest BCUT2D eigenvalue weighted by Gasteiger charge is 2.56. The Morgan fingerprint density at radius 2 is 1.77 bits per heavy atom. The first-order valence-corrected chi connectivity index (χ1v) is 15.3. The lowest BCUT2D eigenvalue weighted by Crippen LogP contribution is -2.53. The van der Waals surface area contributed by atoms with Crippen LogP contribution in [-0.2, 0) is 16.1 Å². The number of urea groups is 2. The maximum Gasteiger partial charge on any atom is 0.328 e. The lowest BCUT2D eigenvalue weighted by molar-refractivity contribution is -0.138. The average Bonchev–Trinajstić information content (AvgIpc) is 3.78. The van der Waals surface area contributed by atoms with E-state index in [0.717, 1.165) is 24.0 Å². The number of nitrogens with zero attached hydrogens (tertiary/aromatic N) is 2. The molecule has 0 radical (unpaired) electrons. The summed E-state index contributed by atoms with van der Waals surface area (Å²) in [7, 11) is 1.50. The van der Waals surface area contributed by atoms with E-state index in [2.05, 4.69) is 16.0 Å². The summed E-state index contributed by atoms with van der Waals surface area (Å²) in [5.41, 5.74) is 1.68. The first-order chi connectivity index (χ1) is 20.9. The van der Waals surface area contributed by atoms with E-state index >= 15 is 0 Å². The van der Waals surface area contributed by atoms with Crippen molar-refractivity contribution in [3.63, 3.8) is 0 Å². The predicted molar refractivity (Wildman–Crippen MR) is 169 cm³/mol. The van der Waals surface area contributed by atoms with E-state index in [4.69, 9.17) is 4.74 Å². The molecule has 1 aliphatic heterocycles. The van der Waals surface area contributed by atoms with Gasteiger partial charge in [-0.25, -0.2) is 9.59 Å². The number of rotatable bonds is 14. The number of hydrogen-bond acceptors (Lipinski definition) is 6. The highest BCUT2D eigenvalue weighted by atomic mass is 16.5. The van der Waals surface area contributed by atoms with Crippen molar-refractivity contribution in [3.05, 3.63) is 53.6 Å². The summed E-state index contributed by atoms with van der Waals surface area (Å²) in [4.78, 5) is 55.3. The SMILES string of the molecule is CCNCC(C(C(C)CC(=O)O)C1CC1)N1C(=O)N(Cc2ccc(NC(=O)Nc3ccccc3C)c(OC)c2)C(C)(C)C1=O. The van der Waals surface area contributed by atoms with Gasteiger partial charge >= 0.3 is 18.0 Å². The number of hydrogen-bond donors (Lipinski definition) is 4. The van der Waals surface area contributed by atoms with Gasteiger partial charge in [-0.3, -0.25) is 14.5 Å². The minimum atomic E-state index is -1.12. The van der Waals surface area contributed by atoms with Crippen molar-refractivity contribution in [2.75, 3.05) is 30.8 Å². The summed E-state index contributed by atoms with van der Waals surface area (Å²) in [6, 6.07) is 11.4. The number of amides is 5. The minimum absolute atomic E-state index is 0.0176. The maximum atomic E-state index is 14.1. The molecule has 238 valence electrons. The molecule has 1 heterocycles. The Kier molecular flexibility index (Phi) is 10.2. The highest BCUT2D eigenvalue weighted by Crippen LogP contribution is 2.46. The van der Waals surface area contributed by atoms with E-state index in [9.17, 15) is 24.3 Å². The lowest BCUT2D eigenvalue weighted by atomic mass is 9.80. The number of carboxylic acid groups (broad SMARTS) is 1. The quantitative estimate of drug-likeness (QED) is 0.214. The van der Waals surface area contributed by atoms with E-state index in [1.165, 1.54) is 12.0 Å².